The summed E-state index contributed by atoms with van der Waals surface area (Å²) in [6, 6.07) is 11.1. The van der Waals surface area contributed by atoms with Gasteiger partial charge in [0.25, 0.3) is 0 Å². The normalized spacial score (nSPS) is 22.5. The molecule has 0 unspecified atom stereocenters. The van der Waals surface area contributed by atoms with Crippen LogP contribution < -0.4 is 4.74 Å². The van der Waals surface area contributed by atoms with Crippen molar-refractivity contribution in [1.29, 1.82) is 0 Å². The Morgan fingerprint density at radius 2 is 1.86 bits per heavy atom. The highest BCUT2D eigenvalue weighted by Crippen LogP contribution is 2.45. The second-order valence-corrected chi connectivity index (χ2v) is 8.86. The molecule has 1 saturated heterocycles. The van der Waals surface area contributed by atoms with Crippen molar-refractivity contribution in [3.8, 4) is 5.75 Å². The lowest BCUT2D eigenvalue weighted by atomic mass is 9.81. The number of hydrogen-bond acceptors (Lipinski definition) is 4. The Morgan fingerprint density at radius 1 is 1.18 bits per heavy atom. The average Bonchev–Trinajstić information content (AvgIpc) is 2.66. The van der Waals surface area contributed by atoms with E-state index >= 15 is 0 Å². The predicted octanol–water partition coefficient (Wildman–Crippen LogP) is 4.69. The van der Waals surface area contributed by atoms with Gasteiger partial charge in [-0.25, -0.2) is 0 Å². The zero-order valence-corrected chi connectivity index (χ0v) is 17.4. The van der Waals surface area contributed by atoms with Crippen molar-refractivity contribution >= 4 is 23.2 Å². The summed E-state index contributed by atoms with van der Waals surface area (Å²) in [5, 5.41) is 22.5. The molecule has 4 nitrogen and oxygen atoms in total. The molecule has 2 aromatic carbocycles. The Balaban J connectivity index is 1.41. The zero-order valence-electron chi connectivity index (χ0n) is 15.9. The molecule has 28 heavy (non-hydrogen) atoms. The summed E-state index contributed by atoms with van der Waals surface area (Å²) in [5.41, 5.74) is 2.25. The summed E-state index contributed by atoms with van der Waals surface area (Å²) >= 11 is 12.1. The maximum atomic E-state index is 10.7. The first-order valence-electron chi connectivity index (χ1n) is 9.68. The van der Waals surface area contributed by atoms with E-state index in [0.717, 1.165) is 48.4 Å². The van der Waals surface area contributed by atoms with Crippen LogP contribution in [0, 0.1) is 6.92 Å². The van der Waals surface area contributed by atoms with Gasteiger partial charge in [0, 0.05) is 41.7 Å². The van der Waals surface area contributed by atoms with Gasteiger partial charge in [0.2, 0.25) is 0 Å². The number of aliphatic hydroxyl groups excluding tert-OH is 2. The number of nitrogens with zero attached hydrogens (tertiary/aromatic N) is 1. The van der Waals surface area contributed by atoms with Crippen LogP contribution in [0.25, 0.3) is 0 Å². The van der Waals surface area contributed by atoms with Crippen molar-refractivity contribution in [1.82, 2.24) is 4.90 Å². The summed E-state index contributed by atoms with van der Waals surface area (Å²) < 4.78 is 6.40. The molecule has 2 atom stereocenters. The van der Waals surface area contributed by atoms with E-state index in [4.69, 9.17) is 27.9 Å². The number of ether oxygens (including phenoxy) is 1. The van der Waals surface area contributed by atoms with Gasteiger partial charge in [-0.15, -0.1) is 0 Å². The monoisotopic (exact) mass is 421 g/mol. The van der Waals surface area contributed by atoms with Crippen LogP contribution in [0.1, 0.15) is 48.2 Å². The Hall–Kier alpha value is -1.30. The van der Waals surface area contributed by atoms with Gasteiger partial charge < -0.3 is 19.8 Å². The summed E-state index contributed by atoms with van der Waals surface area (Å²) in [6.07, 6.45) is 1.10. The lowest BCUT2D eigenvalue weighted by Crippen LogP contribution is -2.51. The summed E-state index contributed by atoms with van der Waals surface area (Å²) in [5.74, 6) is 0.746. The van der Waals surface area contributed by atoms with Crippen molar-refractivity contribution in [2.75, 3.05) is 19.6 Å². The molecule has 150 valence electrons. The molecule has 1 spiro atoms. The average molecular weight is 422 g/mol. The van der Waals surface area contributed by atoms with Crippen LogP contribution in [0.15, 0.2) is 36.4 Å². The molecule has 0 aliphatic carbocycles. The molecule has 0 saturated carbocycles. The molecule has 2 heterocycles. The Kier molecular flexibility index (Phi) is 5.60. The van der Waals surface area contributed by atoms with Gasteiger partial charge in [-0.3, -0.25) is 0 Å². The molecule has 0 bridgehead atoms. The third kappa shape index (κ3) is 4.03. The highest BCUT2D eigenvalue weighted by molar-refractivity contribution is 6.31. The molecule has 0 aromatic heterocycles. The fraction of sp³-hybridized carbons (Fsp3) is 0.455. The number of rotatable bonds is 3. The number of β-amino-alcohol motifs (C(OH)–C–C–N with tert-alkyl or cyclic N) is 1. The SMILES string of the molecule is Cc1cc2c(cc1Cl)[C@@H](O)CC1(CCN(C[C@H](O)c3ccc(Cl)cc3)CC1)O2. The number of benzene rings is 2. The Labute approximate surface area is 175 Å². The number of hydrogen-bond donors (Lipinski definition) is 2. The first-order chi connectivity index (χ1) is 13.3. The quantitative estimate of drug-likeness (QED) is 0.754. The van der Waals surface area contributed by atoms with Crippen molar-refractivity contribution in [3.05, 3.63) is 63.1 Å². The zero-order chi connectivity index (χ0) is 19.9. The van der Waals surface area contributed by atoms with Gasteiger partial charge in [0.1, 0.15) is 11.4 Å². The van der Waals surface area contributed by atoms with Crippen LogP contribution in [0.4, 0.5) is 0 Å². The largest absolute Gasteiger partial charge is 0.487 e. The summed E-state index contributed by atoms with van der Waals surface area (Å²) in [6.45, 7) is 4.16. The van der Waals surface area contributed by atoms with Gasteiger partial charge in [0.15, 0.2) is 0 Å². The van der Waals surface area contributed by atoms with E-state index in [1.54, 1.807) is 12.1 Å². The highest BCUT2D eigenvalue weighted by Gasteiger charge is 2.43. The van der Waals surface area contributed by atoms with Crippen LogP contribution in [0.2, 0.25) is 10.0 Å². The molecular weight excluding hydrogens is 397 g/mol. The van der Waals surface area contributed by atoms with E-state index in [-0.39, 0.29) is 5.60 Å². The number of halogens is 2. The maximum Gasteiger partial charge on any atom is 0.126 e. The van der Waals surface area contributed by atoms with Crippen molar-refractivity contribution in [2.24, 2.45) is 0 Å². The van der Waals surface area contributed by atoms with E-state index in [1.165, 1.54) is 0 Å². The van der Waals surface area contributed by atoms with Gasteiger partial charge in [-0.1, -0.05) is 35.3 Å². The fourth-order valence-corrected chi connectivity index (χ4v) is 4.54. The molecule has 6 heteroatoms. The number of aryl methyl sites for hydroxylation is 1. The molecule has 0 radical (unpaired) electrons. The predicted molar refractivity (Wildman–Crippen MR) is 111 cm³/mol. The topological polar surface area (TPSA) is 52.9 Å². The van der Waals surface area contributed by atoms with E-state index in [1.807, 2.05) is 31.2 Å². The second-order valence-electron chi connectivity index (χ2n) is 8.01. The lowest BCUT2D eigenvalue weighted by Gasteiger charge is -2.46. The number of fused-ring (bicyclic) bond motifs is 1. The van der Waals surface area contributed by atoms with E-state index < -0.39 is 12.2 Å². The van der Waals surface area contributed by atoms with E-state index in [9.17, 15) is 10.2 Å². The summed E-state index contributed by atoms with van der Waals surface area (Å²) in [4.78, 5) is 2.25. The molecule has 1 fully saturated rings. The van der Waals surface area contributed by atoms with Crippen LogP contribution >= 0.6 is 23.2 Å². The number of piperidine rings is 1. The highest BCUT2D eigenvalue weighted by atomic mass is 35.5. The van der Waals surface area contributed by atoms with Crippen molar-refractivity contribution < 1.29 is 14.9 Å². The first kappa shape index (κ1) is 20.0. The fourth-order valence-electron chi connectivity index (χ4n) is 4.24. The third-order valence-corrected chi connectivity index (χ3v) is 6.65. The molecule has 0 amide bonds. The van der Waals surface area contributed by atoms with Crippen LogP contribution in [-0.4, -0.2) is 40.3 Å². The standard InChI is InChI=1S/C22H25Cl2NO3/c1-14-10-21-17(11-18(14)24)19(26)12-22(28-21)6-8-25(9-7-22)13-20(27)15-2-4-16(23)5-3-15/h2-5,10-11,19-20,26-27H,6-9,12-13H2,1H3/t19-,20-/m0/s1. The van der Waals surface area contributed by atoms with Gasteiger partial charge in [-0.05, 0) is 55.2 Å². The van der Waals surface area contributed by atoms with E-state index in [0.29, 0.717) is 23.0 Å². The molecule has 2 aliphatic heterocycles. The van der Waals surface area contributed by atoms with Crippen molar-refractivity contribution in [3.63, 3.8) is 0 Å². The molecule has 2 aliphatic rings. The molecule has 2 aromatic rings. The van der Waals surface area contributed by atoms with Crippen LogP contribution in [-0.2, 0) is 0 Å². The molecular formula is C22H25Cl2NO3. The number of likely N-dealkylation sites (tertiary alicyclic amines) is 1. The second kappa shape index (κ2) is 7.85. The number of aliphatic hydroxyl groups is 2. The van der Waals surface area contributed by atoms with Gasteiger partial charge in [-0.2, -0.15) is 0 Å². The van der Waals surface area contributed by atoms with Crippen LogP contribution in [0.5, 0.6) is 5.75 Å². The van der Waals surface area contributed by atoms with Crippen molar-refractivity contribution in [2.45, 2.75) is 44.0 Å². The van der Waals surface area contributed by atoms with E-state index in [2.05, 4.69) is 4.90 Å². The minimum Gasteiger partial charge on any atom is -0.487 e. The lowest BCUT2D eigenvalue weighted by molar-refractivity contribution is -0.0588. The maximum absolute atomic E-state index is 10.7. The third-order valence-electron chi connectivity index (χ3n) is 6.00. The van der Waals surface area contributed by atoms with Gasteiger partial charge >= 0.3 is 0 Å². The first-order valence-corrected chi connectivity index (χ1v) is 10.4. The minimum atomic E-state index is -0.562. The minimum absolute atomic E-state index is 0.353. The Bertz CT molecular complexity index is 848. The smallest absolute Gasteiger partial charge is 0.126 e. The molecule has 2 N–H and O–H groups in total. The molecule has 4 rings (SSSR count). The van der Waals surface area contributed by atoms with Gasteiger partial charge in [0.05, 0.1) is 12.2 Å². The Morgan fingerprint density at radius 3 is 2.54 bits per heavy atom. The summed E-state index contributed by atoms with van der Waals surface area (Å²) in [7, 11) is 0. The van der Waals surface area contributed by atoms with Crippen LogP contribution in [0.3, 0.4) is 0 Å².